The Labute approximate surface area is 120 Å². The van der Waals surface area contributed by atoms with Crippen molar-refractivity contribution in [1.82, 2.24) is 10.2 Å². The van der Waals surface area contributed by atoms with E-state index in [1.54, 1.807) is 0 Å². The predicted octanol–water partition coefficient (Wildman–Crippen LogP) is 2.17. The molecule has 0 saturated carbocycles. The van der Waals surface area contributed by atoms with Gasteiger partial charge in [-0.3, -0.25) is 4.90 Å². The maximum absolute atomic E-state index is 13.4. The molecule has 1 aliphatic rings. The van der Waals surface area contributed by atoms with Crippen LogP contribution in [0.25, 0.3) is 0 Å². The number of aliphatic hydroxyl groups is 1. The zero-order valence-electron chi connectivity index (χ0n) is 11.5. The fourth-order valence-electron chi connectivity index (χ4n) is 2.72. The van der Waals surface area contributed by atoms with Crippen LogP contribution < -0.4 is 5.32 Å². The molecule has 0 unspecified atom stereocenters. The van der Waals surface area contributed by atoms with E-state index in [-0.39, 0.29) is 18.6 Å². The molecular weight excluding hydrogens is 288 g/mol. The van der Waals surface area contributed by atoms with Crippen LogP contribution in [0.1, 0.15) is 23.6 Å². The van der Waals surface area contributed by atoms with Gasteiger partial charge < -0.3 is 10.4 Å². The van der Waals surface area contributed by atoms with Crippen molar-refractivity contribution in [1.29, 1.82) is 0 Å². The van der Waals surface area contributed by atoms with Gasteiger partial charge in [0.1, 0.15) is 5.82 Å². The van der Waals surface area contributed by atoms with Gasteiger partial charge in [-0.2, -0.15) is 13.2 Å². The molecule has 0 aromatic heterocycles. The molecule has 1 aromatic carbocycles. The molecule has 1 aromatic rings. The second kappa shape index (κ2) is 6.72. The molecule has 118 valence electrons. The molecule has 2 rings (SSSR count). The number of aliphatic hydroxyl groups excluding tert-OH is 1. The number of hydrogen-bond donors (Lipinski definition) is 2. The van der Waals surface area contributed by atoms with Crippen LogP contribution in [0.4, 0.5) is 17.6 Å². The molecule has 0 amide bonds. The van der Waals surface area contributed by atoms with Crippen molar-refractivity contribution in [3.63, 3.8) is 0 Å². The minimum Gasteiger partial charge on any atom is -0.396 e. The molecule has 1 aliphatic heterocycles. The largest absolute Gasteiger partial charge is 0.416 e. The SMILES string of the molecule is OCC[C@H](c1cc(F)ccc1C(F)(F)F)N1CCNCC1. The molecule has 0 radical (unpaired) electrons. The molecular formula is C14H18F4N2O. The average Bonchev–Trinajstić information content (AvgIpc) is 2.44. The number of benzene rings is 1. The first-order valence-corrected chi connectivity index (χ1v) is 6.85. The van der Waals surface area contributed by atoms with E-state index in [9.17, 15) is 22.7 Å². The summed E-state index contributed by atoms with van der Waals surface area (Å²) in [5.41, 5.74) is -0.931. The Hall–Kier alpha value is -1.18. The molecule has 0 spiro atoms. The van der Waals surface area contributed by atoms with Crippen LogP contribution >= 0.6 is 0 Å². The molecule has 0 aliphatic carbocycles. The van der Waals surface area contributed by atoms with Crippen molar-refractivity contribution >= 4 is 0 Å². The summed E-state index contributed by atoms with van der Waals surface area (Å²) < 4.78 is 52.8. The highest BCUT2D eigenvalue weighted by Gasteiger charge is 2.36. The molecule has 3 nitrogen and oxygen atoms in total. The van der Waals surface area contributed by atoms with Gasteiger partial charge in [0.05, 0.1) is 5.56 Å². The summed E-state index contributed by atoms with van der Waals surface area (Å²) in [6, 6.07) is 1.90. The van der Waals surface area contributed by atoms with Crippen molar-refractivity contribution in [2.45, 2.75) is 18.6 Å². The van der Waals surface area contributed by atoms with Crippen molar-refractivity contribution in [2.24, 2.45) is 0 Å². The van der Waals surface area contributed by atoms with Gasteiger partial charge >= 0.3 is 6.18 Å². The van der Waals surface area contributed by atoms with Crippen LogP contribution in [0.5, 0.6) is 0 Å². The fraction of sp³-hybridized carbons (Fsp3) is 0.571. The Morgan fingerprint density at radius 3 is 2.48 bits per heavy atom. The number of piperazine rings is 1. The van der Waals surface area contributed by atoms with Crippen LogP contribution in [-0.2, 0) is 6.18 Å². The van der Waals surface area contributed by atoms with Gasteiger partial charge in [0, 0.05) is 38.8 Å². The number of nitrogens with one attached hydrogen (secondary N) is 1. The summed E-state index contributed by atoms with van der Waals surface area (Å²) in [5.74, 6) is -0.698. The lowest BCUT2D eigenvalue weighted by molar-refractivity contribution is -0.139. The Balaban J connectivity index is 2.40. The second-order valence-electron chi connectivity index (χ2n) is 5.04. The highest BCUT2D eigenvalue weighted by molar-refractivity contribution is 5.33. The van der Waals surface area contributed by atoms with Crippen molar-refractivity contribution in [3.8, 4) is 0 Å². The smallest absolute Gasteiger partial charge is 0.396 e. The molecule has 0 bridgehead atoms. The van der Waals surface area contributed by atoms with E-state index >= 15 is 0 Å². The molecule has 1 fully saturated rings. The van der Waals surface area contributed by atoms with Gasteiger partial charge in [0.2, 0.25) is 0 Å². The standard InChI is InChI=1S/C14H18F4N2O/c15-10-1-2-12(14(16,17)18)11(9-10)13(3-8-21)20-6-4-19-5-7-20/h1-2,9,13,19,21H,3-8H2/t13-/m1/s1. The Morgan fingerprint density at radius 2 is 1.90 bits per heavy atom. The number of alkyl halides is 3. The van der Waals surface area contributed by atoms with Crippen LogP contribution in [0.3, 0.4) is 0 Å². The first-order valence-electron chi connectivity index (χ1n) is 6.85. The van der Waals surface area contributed by atoms with Crippen molar-refractivity contribution in [3.05, 3.63) is 35.1 Å². The zero-order chi connectivity index (χ0) is 15.5. The van der Waals surface area contributed by atoms with E-state index in [0.29, 0.717) is 26.2 Å². The van der Waals surface area contributed by atoms with Gasteiger partial charge in [0.15, 0.2) is 0 Å². The number of halogens is 4. The molecule has 21 heavy (non-hydrogen) atoms. The van der Waals surface area contributed by atoms with E-state index in [1.807, 2.05) is 4.90 Å². The van der Waals surface area contributed by atoms with Crippen LogP contribution in [0, 0.1) is 5.82 Å². The van der Waals surface area contributed by atoms with Gasteiger partial charge in [-0.25, -0.2) is 4.39 Å². The minimum absolute atomic E-state index is 0.0987. The van der Waals surface area contributed by atoms with Crippen molar-refractivity contribution < 1.29 is 22.7 Å². The van der Waals surface area contributed by atoms with Gasteiger partial charge in [-0.1, -0.05) is 0 Å². The first kappa shape index (κ1) is 16.2. The average molecular weight is 306 g/mol. The summed E-state index contributed by atoms with van der Waals surface area (Å²) in [4.78, 5) is 1.86. The molecule has 1 saturated heterocycles. The number of nitrogens with zero attached hydrogens (tertiary/aromatic N) is 1. The lowest BCUT2D eigenvalue weighted by Crippen LogP contribution is -2.45. The maximum atomic E-state index is 13.4. The van der Waals surface area contributed by atoms with Gasteiger partial charge in [0.25, 0.3) is 0 Å². The Kier molecular flexibility index (Phi) is 5.18. The lowest BCUT2D eigenvalue weighted by Gasteiger charge is -2.36. The molecule has 1 heterocycles. The molecule has 1 atom stereocenters. The van der Waals surface area contributed by atoms with E-state index in [4.69, 9.17) is 0 Å². The first-order chi connectivity index (χ1) is 9.93. The van der Waals surface area contributed by atoms with Gasteiger partial charge in [-0.15, -0.1) is 0 Å². The summed E-state index contributed by atoms with van der Waals surface area (Å²) >= 11 is 0. The number of rotatable bonds is 4. The quantitative estimate of drug-likeness (QED) is 0.837. The summed E-state index contributed by atoms with van der Waals surface area (Å²) in [5, 5.41) is 12.3. The highest BCUT2D eigenvalue weighted by Crippen LogP contribution is 2.38. The summed E-state index contributed by atoms with van der Waals surface area (Å²) in [7, 11) is 0. The summed E-state index contributed by atoms with van der Waals surface area (Å²) in [6.07, 6.45) is -4.39. The number of hydrogen-bond acceptors (Lipinski definition) is 3. The third kappa shape index (κ3) is 3.93. The maximum Gasteiger partial charge on any atom is 0.416 e. The van der Waals surface area contributed by atoms with E-state index in [0.717, 1.165) is 18.2 Å². The van der Waals surface area contributed by atoms with Crippen LogP contribution in [0.15, 0.2) is 18.2 Å². The minimum atomic E-state index is -4.54. The van der Waals surface area contributed by atoms with Crippen LogP contribution in [0.2, 0.25) is 0 Å². The Bertz CT molecular complexity index is 473. The third-order valence-corrected chi connectivity index (χ3v) is 3.67. The van der Waals surface area contributed by atoms with E-state index < -0.39 is 23.6 Å². The van der Waals surface area contributed by atoms with Crippen LogP contribution in [-0.4, -0.2) is 42.8 Å². The highest BCUT2D eigenvalue weighted by atomic mass is 19.4. The van der Waals surface area contributed by atoms with E-state index in [2.05, 4.69) is 5.32 Å². The van der Waals surface area contributed by atoms with E-state index in [1.165, 1.54) is 0 Å². The normalized spacial score (nSPS) is 18.7. The topological polar surface area (TPSA) is 35.5 Å². The van der Waals surface area contributed by atoms with Gasteiger partial charge in [-0.05, 0) is 30.2 Å². The zero-order valence-corrected chi connectivity index (χ0v) is 11.5. The lowest BCUT2D eigenvalue weighted by atomic mass is 9.95. The third-order valence-electron chi connectivity index (χ3n) is 3.67. The molecule has 2 N–H and O–H groups in total. The summed E-state index contributed by atoms with van der Waals surface area (Å²) in [6.45, 7) is 2.22. The second-order valence-corrected chi connectivity index (χ2v) is 5.04. The predicted molar refractivity (Wildman–Crippen MR) is 70.3 cm³/mol. The fourth-order valence-corrected chi connectivity index (χ4v) is 2.72. The molecule has 7 heteroatoms. The monoisotopic (exact) mass is 306 g/mol. The van der Waals surface area contributed by atoms with Crippen molar-refractivity contribution in [2.75, 3.05) is 32.8 Å². The Morgan fingerprint density at radius 1 is 1.24 bits per heavy atom.